The molecule has 2 aromatic heterocycles. The topological polar surface area (TPSA) is 109 Å². The number of nitrogens with zero attached hydrogens (tertiary/aromatic N) is 4. The Labute approximate surface area is 244 Å². The Morgan fingerprint density at radius 1 is 1.12 bits per heavy atom. The van der Waals surface area contributed by atoms with Crippen LogP contribution >= 0.6 is 0 Å². The molecule has 1 aliphatic carbocycles. The molecule has 2 heterocycles. The second kappa shape index (κ2) is 12.3. The number of rotatable bonds is 9. The lowest BCUT2D eigenvalue weighted by atomic mass is 9.89. The summed E-state index contributed by atoms with van der Waals surface area (Å²) >= 11 is 0. The van der Waals surface area contributed by atoms with E-state index in [4.69, 9.17) is 0 Å². The number of pyridine rings is 1. The molecule has 9 nitrogen and oxygen atoms in total. The van der Waals surface area contributed by atoms with Crippen molar-refractivity contribution in [3.63, 3.8) is 0 Å². The van der Waals surface area contributed by atoms with E-state index in [0.717, 1.165) is 0 Å². The van der Waals surface area contributed by atoms with Gasteiger partial charge >= 0.3 is 6.18 Å². The van der Waals surface area contributed by atoms with Crippen molar-refractivity contribution in [2.45, 2.75) is 70.0 Å². The number of halogens is 6. The van der Waals surface area contributed by atoms with Crippen LogP contribution in [0.25, 0.3) is 22.2 Å². The van der Waals surface area contributed by atoms with Crippen molar-refractivity contribution in [2.75, 3.05) is 29.9 Å². The van der Waals surface area contributed by atoms with E-state index in [1.54, 1.807) is 13.8 Å². The molecular weight excluding hydrogens is 602 g/mol. The van der Waals surface area contributed by atoms with Gasteiger partial charge in [0.05, 0.1) is 12.2 Å². The summed E-state index contributed by atoms with van der Waals surface area (Å²) in [5.74, 6) is -4.09. The van der Waals surface area contributed by atoms with Gasteiger partial charge < -0.3 is 10.2 Å². The molecule has 1 aromatic carbocycles. The fourth-order valence-corrected chi connectivity index (χ4v) is 6.26. The van der Waals surface area contributed by atoms with E-state index in [2.05, 4.69) is 15.3 Å². The van der Waals surface area contributed by atoms with Gasteiger partial charge in [-0.15, -0.1) is 0 Å². The maximum absolute atomic E-state index is 14.9. The molecule has 3 aromatic rings. The summed E-state index contributed by atoms with van der Waals surface area (Å²) in [6.45, 7) is 3.41. The van der Waals surface area contributed by atoms with E-state index in [0.29, 0.717) is 30.4 Å². The first-order valence-corrected chi connectivity index (χ1v) is 15.2. The Morgan fingerprint density at radius 3 is 2.33 bits per heavy atom. The highest BCUT2D eigenvalue weighted by molar-refractivity contribution is 7.92. The predicted octanol–water partition coefficient (Wildman–Crippen LogP) is 5.24. The Kier molecular flexibility index (Phi) is 9.30. The number of hydrogen-bond acceptors (Lipinski definition) is 7. The van der Waals surface area contributed by atoms with Crippen LogP contribution in [0.5, 0.6) is 0 Å². The highest BCUT2D eigenvalue weighted by Crippen LogP contribution is 2.31. The van der Waals surface area contributed by atoms with Crippen molar-refractivity contribution in [3.05, 3.63) is 46.4 Å². The van der Waals surface area contributed by atoms with Gasteiger partial charge in [-0.1, -0.05) is 0 Å². The normalized spacial score (nSPS) is 19.8. The first kappa shape index (κ1) is 32.5. The number of anilines is 2. The molecule has 0 spiro atoms. The predicted molar refractivity (Wildman–Crippen MR) is 151 cm³/mol. The molecule has 2 N–H and O–H groups in total. The van der Waals surface area contributed by atoms with Crippen LogP contribution < -0.4 is 15.6 Å². The van der Waals surface area contributed by atoms with Crippen LogP contribution in [0.15, 0.2) is 29.2 Å². The van der Waals surface area contributed by atoms with Crippen LogP contribution in [0.2, 0.25) is 0 Å². The summed E-state index contributed by atoms with van der Waals surface area (Å²) < 4.78 is 109. The number of benzene rings is 1. The number of aromatic nitrogens is 3. The van der Waals surface area contributed by atoms with Crippen molar-refractivity contribution in [1.29, 1.82) is 0 Å². The SMILES string of the molecule is CC(C)n1c(=O)c(-c2cc(F)c(NS(=O)(=O)CCC(F)(F)F)c(F)c2)cc2cnc(NC3CC[C@H](N(C)C)C(F)C3)nc21. The highest BCUT2D eigenvalue weighted by atomic mass is 32.2. The Hall–Kier alpha value is -3.40. The van der Waals surface area contributed by atoms with Crippen LogP contribution in [0.4, 0.5) is 38.0 Å². The van der Waals surface area contributed by atoms with Crippen LogP contribution in [0.3, 0.4) is 0 Å². The third-order valence-corrected chi connectivity index (χ3v) is 8.55. The number of sulfonamides is 1. The second-order valence-electron chi connectivity index (χ2n) is 11.1. The van der Waals surface area contributed by atoms with Crippen molar-refractivity contribution in [1.82, 2.24) is 19.4 Å². The molecule has 0 radical (unpaired) electrons. The number of hydrogen-bond donors (Lipinski definition) is 2. The van der Waals surface area contributed by atoms with Crippen molar-refractivity contribution in [2.24, 2.45) is 0 Å². The summed E-state index contributed by atoms with van der Waals surface area (Å²) in [6.07, 6.45) is -4.53. The van der Waals surface area contributed by atoms with Crippen molar-refractivity contribution >= 4 is 32.7 Å². The molecule has 0 bridgehead atoms. The average molecular weight is 635 g/mol. The standard InChI is InChI=1S/C27H32F6N6O3S/c1-14(2)39-24-16(13-34-26(36-24)35-17-5-6-22(38(3)4)19(28)12-17)9-18(25(39)40)15-10-20(29)23(21(30)11-15)37-43(41,42)8-7-27(31,32)33/h9-11,13-14,17,19,22,37H,5-8,12H2,1-4H3,(H,34,35,36)/t17?,19?,22-/m0/s1. The quantitative estimate of drug-likeness (QED) is 0.310. The van der Waals surface area contributed by atoms with Crippen molar-refractivity contribution < 1.29 is 34.8 Å². The van der Waals surface area contributed by atoms with Gasteiger partial charge in [-0.05, 0) is 64.5 Å². The van der Waals surface area contributed by atoms with Gasteiger partial charge in [-0.25, -0.2) is 26.6 Å². The fourth-order valence-electron chi connectivity index (χ4n) is 5.15. The summed E-state index contributed by atoms with van der Waals surface area (Å²) in [4.78, 5) is 24.2. The molecule has 236 valence electrons. The van der Waals surface area contributed by atoms with E-state index >= 15 is 0 Å². The van der Waals surface area contributed by atoms with Gasteiger partial charge in [0.2, 0.25) is 16.0 Å². The lowest BCUT2D eigenvalue weighted by Crippen LogP contribution is -2.44. The van der Waals surface area contributed by atoms with E-state index < -0.39 is 63.5 Å². The zero-order valence-corrected chi connectivity index (χ0v) is 24.7. The van der Waals surface area contributed by atoms with E-state index in [9.17, 15) is 39.6 Å². The Bertz CT molecular complexity index is 1640. The lowest BCUT2D eigenvalue weighted by molar-refractivity contribution is -0.129. The van der Waals surface area contributed by atoms with E-state index in [1.165, 1.54) is 21.6 Å². The van der Waals surface area contributed by atoms with Crippen LogP contribution in [0, 0.1) is 11.6 Å². The number of alkyl halides is 4. The minimum Gasteiger partial charge on any atom is -0.351 e. The lowest BCUT2D eigenvalue weighted by Gasteiger charge is -2.35. The largest absolute Gasteiger partial charge is 0.390 e. The third-order valence-electron chi connectivity index (χ3n) is 7.29. The van der Waals surface area contributed by atoms with Gasteiger partial charge in [-0.3, -0.25) is 14.1 Å². The summed E-state index contributed by atoms with van der Waals surface area (Å²) in [6, 6.07) is 1.90. The van der Waals surface area contributed by atoms with Gasteiger partial charge in [0.15, 0.2) is 11.6 Å². The molecule has 0 amide bonds. The second-order valence-corrected chi connectivity index (χ2v) is 12.9. The van der Waals surface area contributed by atoms with Gasteiger partial charge in [0.25, 0.3) is 5.56 Å². The summed E-state index contributed by atoms with van der Waals surface area (Å²) in [5, 5.41) is 3.49. The maximum Gasteiger partial charge on any atom is 0.390 e. The monoisotopic (exact) mass is 634 g/mol. The minimum absolute atomic E-state index is 0.142. The van der Waals surface area contributed by atoms with E-state index in [-0.39, 0.29) is 41.2 Å². The molecule has 1 aliphatic rings. The smallest absolute Gasteiger partial charge is 0.351 e. The first-order valence-electron chi connectivity index (χ1n) is 13.5. The molecule has 3 atom stereocenters. The molecule has 4 rings (SSSR count). The van der Waals surface area contributed by atoms with Crippen molar-refractivity contribution in [3.8, 4) is 11.1 Å². The van der Waals surface area contributed by atoms with Crippen LogP contribution in [0.1, 0.15) is 45.6 Å². The maximum atomic E-state index is 14.9. The van der Waals surface area contributed by atoms with Gasteiger partial charge in [0, 0.05) is 41.7 Å². The highest BCUT2D eigenvalue weighted by Gasteiger charge is 2.33. The van der Waals surface area contributed by atoms with Crippen LogP contribution in [-0.2, 0) is 10.0 Å². The van der Waals surface area contributed by atoms with Crippen LogP contribution in [-0.4, -0.2) is 72.1 Å². The molecule has 1 fully saturated rings. The minimum atomic E-state index is -4.79. The molecule has 2 unspecified atom stereocenters. The molecule has 16 heteroatoms. The number of fused-ring (bicyclic) bond motifs is 1. The molecular formula is C27H32F6N6O3S. The zero-order valence-electron chi connectivity index (χ0n) is 23.8. The molecule has 43 heavy (non-hydrogen) atoms. The average Bonchev–Trinajstić information content (AvgIpc) is 2.88. The van der Waals surface area contributed by atoms with Gasteiger partial charge in [0.1, 0.15) is 17.5 Å². The Morgan fingerprint density at radius 2 is 1.77 bits per heavy atom. The number of nitrogens with one attached hydrogen (secondary N) is 2. The fraction of sp³-hybridized carbons (Fsp3) is 0.519. The third kappa shape index (κ3) is 7.58. The van der Waals surface area contributed by atoms with Gasteiger partial charge in [-0.2, -0.15) is 18.2 Å². The molecule has 1 saturated carbocycles. The molecule has 0 saturated heterocycles. The molecule has 0 aliphatic heterocycles. The zero-order chi connectivity index (χ0) is 31.9. The Balaban J connectivity index is 1.66. The summed E-state index contributed by atoms with van der Waals surface area (Å²) in [5.41, 5.74) is -1.96. The first-order chi connectivity index (χ1) is 20.0. The summed E-state index contributed by atoms with van der Waals surface area (Å²) in [7, 11) is -1.07. The van der Waals surface area contributed by atoms with E-state index in [1.807, 2.05) is 19.0 Å².